The van der Waals surface area contributed by atoms with E-state index in [4.69, 9.17) is 10.5 Å². The lowest BCUT2D eigenvalue weighted by Crippen LogP contribution is -2.01. The Balaban J connectivity index is 2.57. The average molecular weight is 207 g/mol. The highest BCUT2D eigenvalue weighted by atomic mass is 32.1. The maximum absolute atomic E-state index is 5.55. The second kappa shape index (κ2) is 3.98. The minimum absolute atomic E-state index is 0.697. The first-order valence-corrected chi connectivity index (χ1v) is 5.48. The van der Waals surface area contributed by atoms with Gasteiger partial charge in [-0.2, -0.15) is 0 Å². The lowest BCUT2D eigenvalue weighted by Gasteiger charge is -2.01. The molecule has 2 rings (SSSR count). The molecule has 74 valence electrons. The van der Waals surface area contributed by atoms with Gasteiger partial charge >= 0.3 is 0 Å². The highest BCUT2D eigenvalue weighted by Gasteiger charge is 2.06. The van der Waals surface area contributed by atoms with Crippen molar-refractivity contribution in [2.45, 2.75) is 6.42 Å². The van der Waals surface area contributed by atoms with E-state index in [9.17, 15) is 0 Å². The van der Waals surface area contributed by atoms with Gasteiger partial charge in [0.05, 0.1) is 11.8 Å². The van der Waals surface area contributed by atoms with Crippen LogP contribution in [0.3, 0.4) is 0 Å². The number of benzene rings is 1. The Morgan fingerprint density at radius 3 is 3.00 bits per heavy atom. The molecule has 0 radical (unpaired) electrons. The maximum Gasteiger partial charge on any atom is 0.136 e. The highest BCUT2D eigenvalue weighted by Crippen LogP contribution is 2.33. The molecule has 0 bridgehead atoms. The minimum Gasteiger partial charge on any atom is -0.495 e. The Kier molecular flexibility index (Phi) is 2.70. The molecule has 1 aromatic carbocycles. The van der Waals surface area contributed by atoms with Crippen molar-refractivity contribution < 1.29 is 4.74 Å². The van der Waals surface area contributed by atoms with Crippen molar-refractivity contribution in [3.63, 3.8) is 0 Å². The van der Waals surface area contributed by atoms with Crippen LogP contribution in [0.1, 0.15) is 5.56 Å². The average Bonchev–Trinajstić information content (AvgIpc) is 2.62. The molecule has 3 heteroatoms. The Labute approximate surface area is 87.3 Å². The number of methoxy groups -OCH3 is 1. The second-order valence-corrected chi connectivity index (χ2v) is 4.02. The van der Waals surface area contributed by atoms with Crippen LogP contribution < -0.4 is 10.5 Å². The number of nitrogens with two attached hydrogens (primary N) is 1. The molecule has 0 aliphatic rings. The molecule has 1 aromatic heterocycles. The van der Waals surface area contributed by atoms with Gasteiger partial charge in [-0.25, -0.2) is 0 Å². The first kappa shape index (κ1) is 9.49. The number of hydrogen-bond acceptors (Lipinski definition) is 3. The molecule has 2 N–H and O–H groups in total. The van der Waals surface area contributed by atoms with Crippen LogP contribution in [-0.4, -0.2) is 13.7 Å². The molecule has 0 fully saturated rings. The van der Waals surface area contributed by atoms with Gasteiger partial charge in [0.1, 0.15) is 5.75 Å². The number of rotatable bonds is 3. The summed E-state index contributed by atoms with van der Waals surface area (Å²) in [5.74, 6) is 0.954. The third-order valence-corrected chi connectivity index (χ3v) is 3.34. The van der Waals surface area contributed by atoms with Crippen LogP contribution in [0.15, 0.2) is 23.6 Å². The molecule has 0 aliphatic carbocycles. The van der Waals surface area contributed by atoms with Crippen LogP contribution in [0.25, 0.3) is 10.1 Å². The van der Waals surface area contributed by atoms with Gasteiger partial charge in [0.15, 0.2) is 0 Å². The Hall–Kier alpha value is -1.06. The fraction of sp³-hybridized carbons (Fsp3) is 0.273. The van der Waals surface area contributed by atoms with Crippen LogP contribution in [0.5, 0.6) is 5.75 Å². The maximum atomic E-state index is 5.55. The standard InChI is InChI=1S/C11H13NOS/c1-13-10-4-2-3-9-8(5-6-12)7-14-11(9)10/h2-4,7H,5-6,12H2,1H3. The van der Waals surface area contributed by atoms with Crippen LogP contribution in [0.2, 0.25) is 0 Å². The van der Waals surface area contributed by atoms with E-state index in [2.05, 4.69) is 11.4 Å². The van der Waals surface area contributed by atoms with Crippen LogP contribution in [0, 0.1) is 0 Å². The van der Waals surface area contributed by atoms with E-state index < -0.39 is 0 Å². The van der Waals surface area contributed by atoms with E-state index in [0.29, 0.717) is 6.54 Å². The van der Waals surface area contributed by atoms with Gasteiger partial charge in [-0.3, -0.25) is 0 Å². The van der Waals surface area contributed by atoms with Crippen LogP contribution >= 0.6 is 11.3 Å². The highest BCUT2D eigenvalue weighted by molar-refractivity contribution is 7.17. The summed E-state index contributed by atoms with van der Waals surface area (Å²) in [4.78, 5) is 0. The first-order valence-electron chi connectivity index (χ1n) is 4.60. The smallest absolute Gasteiger partial charge is 0.136 e. The lowest BCUT2D eigenvalue weighted by atomic mass is 10.1. The van der Waals surface area contributed by atoms with E-state index in [1.165, 1.54) is 15.6 Å². The molecule has 0 atom stereocenters. The fourth-order valence-electron chi connectivity index (χ4n) is 1.59. The van der Waals surface area contributed by atoms with Crippen molar-refractivity contribution in [1.82, 2.24) is 0 Å². The molecule has 0 unspecified atom stereocenters. The van der Waals surface area contributed by atoms with E-state index in [1.54, 1.807) is 18.4 Å². The quantitative estimate of drug-likeness (QED) is 0.838. The first-order chi connectivity index (χ1) is 6.86. The molecule has 0 saturated carbocycles. The number of hydrogen-bond donors (Lipinski definition) is 1. The predicted molar refractivity (Wildman–Crippen MR) is 61.1 cm³/mol. The normalized spacial score (nSPS) is 10.7. The Morgan fingerprint density at radius 1 is 1.43 bits per heavy atom. The summed E-state index contributed by atoms with van der Waals surface area (Å²) in [7, 11) is 1.71. The van der Waals surface area contributed by atoms with Gasteiger partial charge in [-0.05, 0) is 35.4 Å². The van der Waals surface area contributed by atoms with Gasteiger partial charge < -0.3 is 10.5 Å². The van der Waals surface area contributed by atoms with E-state index >= 15 is 0 Å². The zero-order valence-corrected chi connectivity index (χ0v) is 8.93. The number of fused-ring (bicyclic) bond motifs is 1. The molecule has 0 spiro atoms. The number of ether oxygens (including phenoxy) is 1. The monoisotopic (exact) mass is 207 g/mol. The molecule has 2 aromatic rings. The summed E-state index contributed by atoms with van der Waals surface area (Å²) in [6.07, 6.45) is 0.938. The molecule has 1 heterocycles. The lowest BCUT2D eigenvalue weighted by molar-refractivity contribution is 0.420. The van der Waals surface area contributed by atoms with Crippen molar-refractivity contribution in [1.29, 1.82) is 0 Å². The molecule has 0 saturated heterocycles. The Bertz CT molecular complexity index is 436. The van der Waals surface area contributed by atoms with E-state index in [-0.39, 0.29) is 0 Å². The fourth-order valence-corrected chi connectivity index (χ4v) is 2.69. The van der Waals surface area contributed by atoms with Crippen molar-refractivity contribution in [2.75, 3.05) is 13.7 Å². The van der Waals surface area contributed by atoms with Crippen molar-refractivity contribution in [2.24, 2.45) is 5.73 Å². The van der Waals surface area contributed by atoms with E-state index in [1.807, 2.05) is 12.1 Å². The number of thiophene rings is 1. The third-order valence-electron chi connectivity index (χ3n) is 2.28. The molecule has 2 nitrogen and oxygen atoms in total. The van der Waals surface area contributed by atoms with Gasteiger partial charge in [0.2, 0.25) is 0 Å². The molecule has 14 heavy (non-hydrogen) atoms. The van der Waals surface area contributed by atoms with Gasteiger partial charge in [-0.1, -0.05) is 12.1 Å². The summed E-state index contributed by atoms with van der Waals surface area (Å²) in [5, 5.41) is 3.44. The topological polar surface area (TPSA) is 35.2 Å². The SMILES string of the molecule is COc1cccc2c(CCN)csc12. The summed E-state index contributed by atoms with van der Waals surface area (Å²) in [5.41, 5.74) is 6.88. The summed E-state index contributed by atoms with van der Waals surface area (Å²) in [6.45, 7) is 0.697. The zero-order chi connectivity index (χ0) is 9.97. The molecular formula is C11H13NOS. The van der Waals surface area contributed by atoms with Gasteiger partial charge in [-0.15, -0.1) is 11.3 Å². The summed E-state index contributed by atoms with van der Waals surface area (Å²) in [6, 6.07) is 6.14. The molecule has 0 aliphatic heterocycles. The van der Waals surface area contributed by atoms with Crippen LogP contribution in [-0.2, 0) is 6.42 Å². The Morgan fingerprint density at radius 2 is 2.29 bits per heavy atom. The van der Waals surface area contributed by atoms with Crippen molar-refractivity contribution in [3.8, 4) is 5.75 Å². The minimum atomic E-state index is 0.697. The largest absolute Gasteiger partial charge is 0.495 e. The van der Waals surface area contributed by atoms with Crippen LogP contribution in [0.4, 0.5) is 0 Å². The van der Waals surface area contributed by atoms with E-state index in [0.717, 1.165) is 12.2 Å². The van der Waals surface area contributed by atoms with Crippen molar-refractivity contribution in [3.05, 3.63) is 29.1 Å². The summed E-state index contributed by atoms with van der Waals surface area (Å²) < 4.78 is 6.52. The van der Waals surface area contributed by atoms with Gasteiger partial charge in [0.25, 0.3) is 0 Å². The summed E-state index contributed by atoms with van der Waals surface area (Å²) >= 11 is 1.72. The molecule has 0 amide bonds. The predicted octanol–water partition coefficient (Wildman–Crippen LogP) is 2.41. The zero-order valence-electron chi connectivity index (χ0n) is 8.12. The van der Waals surface area contributed by atoms with Gasteiger partial charge in [0, 0.05) is 0 Å². The molecular weight excluding hydrogens is 194 g/mol. The van der Waals surface area contributed by atoms with Crippen molar-refractivity contribution >= 4 is 21.4 Å². The second-order valence-electron chi connectivity index (χ2n) is 3.14. The third kappa shape index (κ3) is 1.49.